The molecule has 0 bridgehead atoms. The summed E-state index contributed by atoms with van der Waals surface area (Å²) < 4.78 is 5.30. The molecule has 11 aromatic carbocycles. The zero-order valence-electron chi connectivity index (χ0n) is 38.1. The Hall–Kier alpha value is -8.34. The summed E-state index contributed by atoms with van der Waals surface area (Å²) in [6, 6.07) is 96.8. The fourth-order valence-corrected chi connectivity index (χ4v) is 13.7. The first kappa shape index (κ1) is 40.7. The van der Waals surface area contributed by atoms with Crippen LogP contribution in [0.1, 0.15) is 22.3 Å². The Kier molecular flexibility index (Phi) is 9.55. The molecule has 328 valence electrons. The van der Waals surface area contributed by atoms with Crippen LogP contribution in [0.3, 0.4) is 0 Å². The Labute approximate surface area is 415 Å². The SMILES string of the molecule is c1ccc(C2(c3ccccc3)c3ccccc3-c3cc(N(c4ccc(-c5ccc(-c6cccc7c6sc6ccccc67)cc5)cc4)c4cccc(-c5ccc6sc7ccccc7c6c5)c4)ccc32)cc1. The van der Waals surface area contributed by atoms with Gasteiger partial charge in [-0.15, -0.1) is 22.7 Å². The van der Waals surface area contributed by atoms with Gasteiger partial charge in [-0.1, -0.05) is 200 Å². The summed E-state index contributed by atoms with van der Waals surface area (Å²) in [6.45, 7) is 0. The van der Waals surface area contributed by atoms with Crippen molar-refractivity contribution >= 4 is 80.1 Å². The molecule has 1 aliphatic carbocycles. The van der Waals surface area contributed by atoms with Crippen molar-refractivity contribution in [3.63, 3.8) is 0 Å². The van der Waals surface area contributed by atoms with Crippen molar-refractivity contribution < 1.29 is 0 Å². The molecule has 2 heterocycles. The third-order valence-corrected chi connectivity index (χ3v) is 16.9. The predicted octanol–water partition coefficient (Wildman–Crippen LogP) is 19.3. The van der Waals surface area contributed by atoms with Crippen LogP contribution in [0.2, 0.25) is 0 Å². The molecule has 2 aromatic heterocycles. The van der Waals surface area contributed by atoms with Crippen LogP contribution in [-0.2, 0) is 5.41 Å². The molecule has 0 aliphatic heterocycles. The van der Waals surface area contributed by atoms with E-state index >= 15 is 0 Å². The van der Waals surface area contributed by atoms with Gasteiger partial charge in [-0.25, -0.2) is 0 Å². The normalized spacial score (nSPS) is 12.7. The molecule has 0 atom stereocenters. The largest absolute Gasteiger partial charge is 0.310 e. The van der Waals surface area contributed by atoms with Gasteiger partial charge in [-0.3, -0.25) is 0 Å². The van der Waals surface area contributed by atoms with Gasteiger partial charge in [0.15, 0.2) is 0 Å². The first-order valence-electron chi connectivity index (χ1n) is 24.0. The van der Waals surface area contributed by atoms with Crippen molar-refractivity contribution in [1.82, 2.24) is 0 Å². The molecule has 0 N–H and O–H groups in total. The summed E-state index contributed by atoms with van der Waals surface area (Å²) in [4.78, 5) is 2.44. The number of anilines is 3. The highest BCUT2D eigenvalue weighted by molar-refractivity contribution is 7.26. The number of benzene rings is 11. The Morgan fingerprint density at radius 3 is 1.54 bits per heavy atom. The van der Waals surface area contributed by atoms with Crippen molar-refractivity contribution in [2.75, 3.05) is 4.90 Å². The zero-order valence-corrected chi connectivity index (χ0v) is 39.7. The van der Waals surface area contributed by atoms with Crippen LogP contribution in [0.15, 0.2) is 261 Å². The van der Waals surface area contributed by atoms with Gasteiger partial charge >= 0.3 is 0 Å². The van der Waals surface area contributed by atoms with Crippen molar-refractivity contribution in [3.8, 4) is 44.5 Å². The smallest absolute Gasteiger partial charge is 0.0713 e. The molecule has 13 aromatic rings. The van der Waals surface area contributed by atoms with Crippen LogP contribution >= 0.6 is 22.7 Å². The minimum absolute atomic E-state index is 0.468. The van der Waals surface area contributed by atoms with Crippen LogP contribution in [-0.4, -0.2) is 0 Å². The lowest BCUT2D eigenvalue weighted by Crippen LogP contribution is -2.28. The van der Waals surface area contributed by atoms with E-state index in [4.69, 9.17) is 0 Å². The number of hydrogen-bond donors (Lipinski definition) is 0. The van der Waals surface area contributed by atoms with E-state index in [0.29, 0.717) is 0 Å². The Morgan fingerprint density at radius 2 is 0.786 bits per heavy atom. The molecule has 0 fully saturated rings. The summed E-state index contributed by atoms with van der Waals surface area (Å²) in [5, 5.41) is 5.27. The van der Waals surface area contributed by atoms with E-state index in [1.54, 1.807) is 0 Å². The summed E-state index contributed by atoms with van der Waals surface area (Å²) >= 11 is 3.74. The van der Waals surface area contributed by atoms with E-state index in [9.17, 15) is 0 Å². The molecule has 0 radical (unpaired) electrons. The van der Waals surface area contributed by atoms with E-state index in [-0.39, 0.29) is 0 Å². The maximum absolute atomic E-state index is 2.44. The molecule has 70 heavy (non-hydrogen) atoms. The van der Waals surface area contributed by atoms with E-state index in [1.165, 1.54) is 107 Å². The van der Waals surface area contributed by atoms with Gasteiger partial charge in [0.2, 0.25) is 0 Å². The highest BCUT2D eigenvalue weighted by Crippen LogP contribution is 2.57. The number of rotatable bonds is 8. The van der Waals surface area contributed by atoms with Gasteiger partial charge in [0.1, 0.15) is 0 Å². The first-order valence-corrected chi connectivity index (χ1v) is 25.6. The number of nitrogens with zero attached hydrogens (tertiary/aromatic N) is 1. The predicted molar refractivity (Wildman–Crippen MR) is 301 cm³/mol. The fourth-order valence-electron chi connectivity index (χ4n) is 11.4. The monoisotopic (exact) mass is 925 g/mol. The van der Waals surface area contributed by atoms with Crippen molar-refractivity contribution in [2.24, 2.45) is 0 Å². The van der Waals surface area contributed by atoms with Crippen LogP contribution in [0.5, 0.6) is 0 Å². The minimum atomic E-state index is -0.468. The second kappa shape index (κ2) is 16.4. The molecule has 14 rings (SSSR count). The second-order valence-corrected chi connectivity index (χ2v) is 20.5. The molecule has 0 unspecified atom stereocenters. The van der Waals surface area contributed by atoms with Gasteiger partial charge in [0, 0.05) is 57.4 Å². The minimum Gasteiger partial charge on any atom is -0.310 e. The Morgan fingerprint density at radius 1 is 0.271 bits per heavy atom. The van der Waals surface area contributed by atoms with Crippen LogP contribution in [0, 0.1) is 0 Å². The third kappa shape index (κ3) is 6.43. The van der Waals surface area contributed by atoms with Crippen LogP contribution in [0.25, 0.3) is 84.9 Å². The maximum Gasteiger partial charge on any atom is 0.0713 e. The van der Waals surface area contributed by atoms with Crippen molar-refractivity contribution in [1.29, 1.82) is 0 Å². The summed E-state index contributed by atoms with van der Waals surface area (Å²) in [6.07, 6.45) is 0. The van der Waals surface area contributed by atoms with Gasteiger partial charge in [-0.2, -0.15) is 0 Å². The van der Waals surface area contributed by atoms with E-state index in [1.807, 2.05) is 22.7 Å². The highest BCUT2D eigenvalue weighted by atomic mass is 32.1. The lowest BCUT2D eigenvalue weighted by Gasteiger charge is -2.34. The molecular formula is C67H43NS2. The number of hydrogen-bond acceptors (Lipinski definition) is 3. The van der Waals surface area contributed by atoms with E-state index < -0.39 is 5.41 Å². The standard InChI is InChI=1S/C67H43NS2/c1-3-16-49(17-4-1)67(50-18-5-2-6-19-50)61-26-10-7-21-55(61)59-43-53(38-39-62(59)67)68(52-20-13-15-47(41-52)48-35-40-65-60(42-48)57-23-9-11-27-63(57)69-65)51-36-33-45(34-37-51)44-29-31-46(32-30-44)54-24-14-25-58-56-22-8-12-28-64(56)70-66(54)58/h1-43H. The van der Waals surface area contributed by atoms with Crippen molar-refractivity contribution in [3.05, 3.63) is 283 Å². The van der Waals surface area contributed by atoms with Crippen LogP contribution in [0.4, 0.5) is 17.1 Å². The maximum atomic E-state index is 2.44. The van der Waals surface area contributed by atoms with Gasteiger partial charge in [-0.05, 0) is 127 Å². The van der Waals surface area contributed by atoms with Gasteiger partial charge < -0.3 is 4.90 Å². The Bertz CT molecular complexity index is 4070. The molecule has 0 spiro atoms. The molecular weight excluding hydrogens is 883 g/mol. The average molecular weight is 926 g/mol. The quantitative estimate of drug-likeness (QED) is 0.147. The molecule has 3 heteroatoms. The van der Waals surface area contributed by atoms with Gasteiger partial charge in [0.25, 0.3) is 0 Å². The third-order valence-electron chi connectivity index (χ3n) is 14.6. The van der Waals surface area contributed by atoms with E-state index in [2.05, 4.69) is 266 Å². The zero-order chi connectivity index (χ0) is 46.2. The average Bonchev–Trinajstić information content (AvgIpc) is 4.10. The van der Waals surface area contributed by atoms with Crippen molar-refractivity contribution in [2.45, 2.75) is 5.41 Å². The lowest BCUT2D eigenvalue weighted by molar-refractivity contribution is 0.768. The van der Waals surface area contributed by atoms with Gasteiger partial charge in [0.05, 0.1) is 5.41 Å². The Balaban J connectivity index is 0.895. The number of fused-ring (bicyclic) bond motifs is 9. The number of thiophene rings is 2. The highest BCUT2D eigenvalue weighted by Gasteiger charge is 2.46. The molecule has 0 amide bonds. The topological polar surface area (TPSA) is 3.24 Å². The molecule has 1 nitrogen and oxygen atoms in total. The second-order valence-electron chi connectivity index (χ2n) is 18.4. The molecule has 1 aliphatic rings. The lowest BCUT2D eigenvalue weighted by atomic mass is 9.68. The first-order chi connectivity index (χ1) is 34.7. The van der Waals surface area contributed by atoms with Crippen LogP contribution < -0.4 is 4.90 Å². The van der Waals surface area contributed by atoms with E-state index in [0.717, 1.165) is 17.1 Å². The fraction of sp³-hybridized carbons (Fsp3) is 0.0149. The molecule has 0 saturated heterocycles. The summed E-state index contributed by atoms with van der Waals surface area (Å²) in [7, 11) is 0. The summed E-state index contributed by atoms with van der Waals surface area (Å²) in [5.74, 6) is 0. The summed E-state index contributed by atoms with van der Waals surface area (Å²) in [5.41, 5.74) is 17.7. The molecule has 0 saturated carbocycles.